The molecule has 2 heterocycles. The highest BCUT2D eigenvalue weighted by Crippen LogP contribution is 2.36. The molecule has 9 heteroatoms. The normalized spacial score (nSPS) is 18.4. The number of hydrogen-bond donors (Lipinski definition) is 1. The van der Waals surface area contributed by atoms with E-state index in [0.717, 1.165) is 48.1 Å². The first-order chi connectivity index (χ1) is 14.2. The molecule has 1 aromatic heterocycles. The van der Waals surface area contributed by atoms with Gasteiger partial charge in [-0.3, -0.25) is 4.79 Å². The minimum atomic E-state index is -3.24. The van der Waals surface area contributed by atoms with Crippen molar-refractivity contribution in [2.45, 2.75) is 38.3 Å². The van der Waals surface area contributed by atoms with Crippen molar-refractivity contribution in [1.29, 1.82) is 0 Å². The minimum Gasteiger partial charge on any atom is -0.348 e. The van der Waals surface area contributed by atoms with Crippen LogP contribution in [-0.4, -0.2) is 43.1 Å². The van der Waals surface area contributed by atoms with Crippen LogP contribution in [0.4, 0.5) is 5.82 Å². The first-order valence-electron chi connectivity index (χ1n) is 9.77. The zero-order valence-corrected chi connectivity index (χ0v) is 18.5. The van der Waals surface area contributed by atoms with Gasteiger partial charge in [-0.05, 0) is 37.8 Å². The number of rotatable bonds is 6. The molecular weight excluding hydrogens is 424 g/mol. The van der Waals surface area contributed by atoms with E-state index in [2.05, 4.69) is 20.2 Å². The molecule has 1 aliphatic heterocycles. The molecule has 1 amide bonds. The zero-order valence-electron chi connectivity index (χ0n) is 17.0. The lowest BCUT2D eigenvalue weighted by Gasteiger charge is -2.37. The summed E-state index contributed by atoms with van der Waals surface area (Å²) in [7, 11) is -3.24. The molecule has 0 spiro atoms. The van der Waals surface area contributed by atoms with Crippen LogP contribution in [0.25, 0.3) is 0 Å². The molecule has 2 atom stereocenters. The quantitative estimate of drug-likeness (QED) is 0.726. The Morgan fingerprint density at radius 2 is 2.03 bits per heavy atom. The van der Waals surface area contributed by atoms with E-state index in [9.17, 15) is 13.2 Å². The van der Waals surface area contributed by atoms with Gasteiger partial charge in [-0.25, -0.2) is 18.4 Å². The molecule has 1 aromatic carbocycles. The van der Waals surface area contributed by atoms with Gasteiger partial charge in [0.15, 0.2) is 9.84 Å². The van der Waals surface area contributed by atoms with Crippen LogP contribution in [0.5, 0.6) is 0 Å². The Hall–Kier alpha value is -2.45. The minimum absolute atomic E-state index is 0.113. The number of anilines is 1. The second-order valence-corrected chi connectivity index (χ2v) is 9.74. The average molecular weight is 449 g/mol. The number of piperidine rings is 1. The van der Waals surface area contributed by atoms with Crippen molar-refractivity contribution in [3.05, 3.63) is 64.4 Å². The molecule has 1 aliphatic rings. The highest BCUT2D eigenvalue weighted by atomic mass is 35.5. The van der Waals surface area contributed by atoms with Crippen LogP contribution in [0.2, 0.25) is 5.02 Å². The van der Waals surface area contributed by atoms with E-state index < -0.39 is 21.8 Å². The van der Waals surface area contributed by atoms with E-state index >= 15 is 0 Å². The third kappa shape index (κ3) is 5.79. The number of sulfone groups is 1. The van der Waals surface area contributed by atoms with Crippen LogP contribution in [0.3, 0.4) is 0 Å². The van der Waals surface area contributed by atoms with Crippen molar-refractivity contribution in [3.8, 4) is 0 Å². The van der Waals surface area contributed by atoms with Crippen LogP contribution < -0.4 is 10.2 Å². The number of aromatic nitrogens is 2. The maximum Gasteiger partial charge on any atom is 0.271 e. The monoisotopic (exact) mass is 448 g/mol. The summed E-state index contributed by atoms with van der Waals surface area (Å²) in [5.41, 5.74) is 1.23. The molecule has 160 valence electrons. The molecule has 3 rings (SSSR count). The highest BCUT2D eigenvalue weighted by molar-refractivity contribution is 7.93. The third-order valence-electron chi connectivity index (χ3n) is 4.91. The molecular formula is C21H25ClN4O3S. The van der Waals surface area contributed by atoms with Crippen LogP contribution in [0.1, 0.15) is 48.3 Å². The predicted octanol–water partition coefficient (Wildman–Crippen LogP) is 3.54. The Labute approximate surface area is 182 Å². The molecule has 7 nitrogen and oxygen atoms in total. The smallest absolute Gasteiger partial charge is 0.271 e. The van der Waals surface area contributed by atoms with Gasteiger partial charge >= 0.3 is 0 Å². The molecule has 1 N–H and O–H groups in total. The summed E-state index contributed by atoms with van der Waals surface area (Å²) in [5.74, 6) is 0.280. The fourth-order valence-corrected chi connectivity index (χ4v) is 4.23. The maximum atomic E-state index is 12.4. The van der Waals surface area contributed by atoms with Crippen LogP contribution in [-0.2, 0) is 9.84 Å². The van der Waals surface area contributed by atoms with E-state index in [1.807, 2.05) is 24.3 Å². The summed E-state index contributed by atoms with van der Waals surface area (Å²) in [6.45, 7) is 2.52. The lowest BCUT2D eigenvalue weighted by atomic mass is 9.95. The first-order valence-corrected chi connectivity index (χ1v) is 12.1. The molecule has 0 saturated carbocycles. The number of benzene rings is 1. The van der Waals surface area contributed by atoms with E-state index in [4.69, 9.17) is 11.6 Å². The molecule has 1 saturated heterocycles. The van der Waals surface area contributed by atoms with Gasteiger partial charge in [-0.2, -0.15) is 0 Å². The zero-order chi connectivity index (χ0) is 21.7. The number of carbonyl (C=O) groups excluding carboxylic acids is 1. The summed E-state index contributed by atoms with van der Waals surface area (Å²) in [4.78, 5) is 23.3. The number of hydrogen-bond acceptors (Lipinski definition) is 6. The van der Waals surface area contributed by atoms with Gasteiger partial charge in [0.05, 0.1) is 18.4 Å². The molecule has 0 radical (unpaired) electrons. The maximum absolute atomic E-state index is 12.4. The Balaban J connectivity index is 1.73. The van der Waals surface area contributed by atoms with Crippen molar-refractivity contribution in [2.24, 2.45) is 0 Å². The summed E-state index contributed by atoms with van der Waals surface area (Å²) >= 11 is 6.42. The number of carbonyl (C=O) groups is 1. The molecule has 30 heavy (non-hydrogen) atoms. The summed E-state index contributed by atoms with van der Waals surface area (Å²) in [5, 5.41) is 4.48. The Bertz CT molecular complexity index is 1020. The van der Waals surface area contributed by atoms with Gasteiger partial charge in [-0.15, -0.1) is 0 Å². The Morgan fingerprint density at radius 1 is 1.27 bits per heavy atom. The second-order valence-electron chi connectivity index (χ2n) is 7.41. The number of amides is 1. The Kier molecular flexibility index (Phi) is 7.10. The van der Waals surface area contributed by atoms with E-state index in [0.29, 0.717) is 5.82 Å². The lowest BCUT2D eigenvalue weighted by molar-refractivity contribution is 0.0941. The molecule has 0 bridgehead atoms. The van der Waals surface area contributed by atoms with Crippen LogP contribution in [0, 0.1) is 0 Å². The van der Waals surface area contributed by atoms with E-state index in [1.165, 1.54) is 12.3 Å². The largest absolute Gasteiger partial charge is 0.348 e. The van der Waals surface area contributed by atoms with Crippen molar-refractivity contribution >= 4 is 33.2 Å². The fourth-order valence-electron chi connectivity index (χ4n) is 3.45. The first kappa shape index (κ1) is 22.2. The van der Waals surface area contributed by atoms with Crippen LogP contribution in [0.15, 0.2) is 48.1 Å². The van der Waals surface area contributed by atoms with Crippen molar-refractivity contribution < 1.29 is 13.2 Å². The standard InChI is InChI=1S/C21H25ClN4O3S/c1-15(10-12-30(2,28)29)25-21(27)18-13-24-20(14-23-18)26-11-6-5-9-19(26)16-7-3-4-8-17(16)22/h3-4,7-8,10,12-15,19H,5-6,9,11H2,1-2H3,(H,25,27)/b12-10+/t15-,19+/m1/s1. The predicted molar refractivity (Wildman–Crippen MR) is 118 cm³/mol. The van der Waals surface area contributed by atoms with E-state index in [1.54, 1.807) is 13.1 Å². The van der Waals surface area contributed by atoms with Crippen LogP contribution >= 0.6 is 11.6 Å². The SMILES string of the molecule is C[C@H](/C=C/S(C)(=O)=O)NC(=O)c1cnc(N2CCCC[C@H]2c2ccccc2Cl)cn1. The van der Waals surface area contributed by atoms with Crippen molar-refractivity contribution in [3.63, 3.8) is 0 Å². The van der Waals surface area contributed by atoms with Gasteiger partial charge in [0.1, 0.15) is 11.5 Å². The Morgan fingerprint density at radius 3 is 2.70 bits per heavy atom. The fraction of sp³-hybridized carbons (Fsp3) is 0.381. The highest BCUT2D eigenvalue weighted by Gasteiger charge is 2.27. The summed E-state index contributed by atoms with van der Waals surface area (Å²) in [6.07, 6.45) is 8.68. The topological polar surface area (TPSA) is 92.3 Å². The van der Waals surface area contributed by atoms with E-state index in [-0.39, 0.29) is 11.7 Å². The molecule has 2 aromatic rings. The second kappa shape index (κ2) is 9.57. The molecule has 1 fully saturated rings. The summed E-state index contributed by atoms with van der Waals surface area (Å²) in [6, 6.07) is 7.47. The van der Waals surface area contributed by atoms with Gasteiger partial charge in [0.25, 0.3) is 5.91 Å². The number of nitrogens with zero attached hydrogens (tertiary/aromatic N) is 3. The van der Waals surface area contributed by atoms with Gasteiger partial charge in [0.2, 0.25) is 0 Å². The van der Waals surface area contributed by atoms with Crippen molar-refractivity contribution in [2.75, 3.05) is 17.7 Å². The lowest BCUT2D eigenvalue weighted by Crippen LogP contribution is -2.35. The van der Waals surface area contributed by atoms with Gasteiger partial charge < -0.3 is 10.2 Å². The van der Waals surface area contributed by atoms with Gasteiger partial charge in [-0.1, -0.05) is 35.9 Å². The number of halogens is 1. The average Bonchev–Trinajstić information content (AvgIpc) is 2.72. The third-order valence-corrected chi connectivity index (χ3v) is 5.90. The summed E-state index contributed by atoms with van der Waals surface area (Å²) < 4.78 is 22.4. The molecule has 0 unspecified atom stereocenters. The molecule has 0 aliphatic carbocycles. The number of nitrogens with one attached hydrogen (secondary N) is 1. The van der Waals surface area contributed by atoms with Gasteiger partial charge in [0, 0.05) is 29.3 Å². The van der Waals surface area contributed by atoms with Crippen molar-refractivity contribution in [1.82, 2.24) is 15.3 Å².